The van der Waals surface area contributed by atoms with Crippen LogP contribution in [-0.2, 0) is 13.1 Å². The van der Waals surface area contributed by atoms with Crippen molar-refractivity contribution in [1.29, 1.82) is 0 Å². The van der Waals surface area contributed by atoms with E-state index in [-0.39, 0.29) is 6.61 Å². The molecule has 1 aliphatic rings. The summed E-state index contributed by atoms with van der Waals surface area (Å²) >= 11 is 1.80. The van der Waals surface area contributed by atoms with Gasteiger partial charge in [0.15, 0.2) is 0 Å². The zero-order valence-electron chi connectivity index (χ0n) is 15.6. The van der Waals surface area contributed by atoms with E-state index in [1.165, 1.54) is 10.4 Å². The van der Waals surface area contributed by atoms with Crippen LogP contribution >= 0.6 is 11.3 Å². The highest BCUT2D eigenvalue weighted by Crippen LogP contribution is 2.25. The van der Waals surface area contributed by atoms with Gasteiger partial charge < -0.3 is 14.6 Å². The lowest BCUT2D eigenvalue weighted by molar-refractivity contribution is 0.0506. The van der Waals surface area contributed by atoms with Crippen molar-refractivity contribution in [2.45, 2.75) is 25.6 Å². The van der Waals surface area contributed by atoms with Gasteiger partial charge in [0.1, 0.15) is 11.5 Å². The van der Waals surface area contributed by atoms with E-state index < -0.39 is 0 Å². The Morgan fingerprint density at radius 2 is 1.88 bits per heavy atom. The first-order chi connectivity index (χ1) is 12.7. The van der Waals surface area contributed by atoms with Crippen LogP contribution in [0.2, 0.25) is 0 Å². The van der Waals surface area contributed by atoms with Gasteiger partial charge in [-0.25, -0.2) is 0 Å². The Bertz CT molecular complexity index is 655. The molecule has 0 bridgehead atoms. The molecule has 2 heterocycles. The summed E-state index contributed by atoms with van der Waals surface area (Å²) in [4.78, 5) is 6.35. The molecule has 26 heavy (non-hydrogen) atoms. The molecule has 1 fully saturated rings. The number of benzene rings is 1. The second kappa shape index (κ2) is 9.37. The molecule has 1 unspecified atom stereocenters. The number of aliphatic hydroxyl groups is 1. The van der Waals surface area contributed by atoms with Gasteiger partial charge in [-0.1, -0.05) is 6.07 Å². The summed E-state index contributed by atoms with van der Waals surface area (Å²) < 4.78 is 10.8. The van der Waals surface area contributed by atoms with Gasteiger partial charge in [0.2, 0.25) is 0 Å². The minimum absolute atomic E-state index is 0.229. The fourth-order valence-corrected chi connectivity index (χ4v) is 4.28. The van der Waals surface area contributed by atoms with E-state index in [1.54, 1.807) is 25.6 Å². The number of thiophene rings is 1. The molecule has 3 rings (SSSR count). The predicted octanol–water partition coefficient (Wildman–Crippen LogP) is 2.83. The molecule has 1 saturated heterocycles. The van der Waals surface area contributed by atoms with Crippen LogP contribution in [0.3, 0.4) is 0 Å². The second-order valence-corrected chi connectivity index (χ2v) is 7.70. The molecule has 0 saturated carbocycles. The minimum atomic E-state index is 0.229. The molecule has 1 atom stereocenters. The third-order valence-electron chi connectivity index (χ3n) is 4.91. The number of hydrogen-bond donors (Lipinski definition) is 1. The van der Waals surface area contributed by atoms with Crippen LogP contribution in [0.1, 0.15) is 16.9 Å². The maximum atomic E-state index is 9.50. The maximum absolute atomic E-state index is 9.50. The number of piperazine rings is 1. The van der Waals surface area contributed by atoms with Gasteiger partial charge in [-0.2, -0.15) is 0 Å². The van der Waals surface area contributed by atoms with Crippen LogP contribution in [0, 0.1) is 0 Å². The summed E-state index contributed by atoms with van der Waals surface area (Å²) in [5, 5.41) is 11.6. The second-order valence-electron chi connectivity index (χ2n) is 6.67. The first-order valence-corrected chi connectivity index (χ1v) is 9.91. The molecule has 1 N–H and O–H groups in total. The van der Waals surface area contributed by atoms with Crippen LogP contribution < -0.4 is 9.47 Å². The Labute approximate surface area is 159 Å². The smallest absolute Gasteiger partial charge is 0.122 e. The van der Waals surface area contributed by atoms with Crippen molar-refractivity contribution >= 4 is 11.3 Å². The Morgan fingerprint density at radius 1 is 1.12 bits per heavy atom. The number of ether oxygens (including phenoxy) is 2. The Morgan fingerprint density at radius 3 is 2.50 bits per heavy atom. The molecule has 1 aromatic carbocycles. The zero-order valence-corrected chi connectivity index (χ0v) is 16.4. The predicted molar refractivity (Wildman–Crippen MR) is 105 cm³/mol. The monoisotopic (exact) mass is 376 g/mol. The number of rotatable bonds is 8. The fraction of sp³-hybridized carbons (Fsp3) is 0.500. The summed E-state index contributed by atoms with van der Waals surface area (Å²) in [5.41, 5.74) is 1.19. The van der Waals surface area contributed by atoms with Crippen molar-refractivity contribution < 1.29 is 14.6 Å². The topological polar surface area (TPSA) is 45.2 Å². The standard InChI is InChI=1S/C20H28N2O3S/c1-24-18-10-16(11-19(12-18)25-2)13-21-6-7-22(17(14-21)5-8-23)15-20-4-3-9-26-20/h3-4,9-12,17,23H,5-8,13-15H2,1-2H3. The van der Waals surface area contributed by atoms with E-state index in [0.29, 0.717) is 6.04 Å². The van der Waals surface area contributed by atoms with Gasteiger partial charge in [0.25, 0.3) is 0 Å². The third kappa shape index (κ3) is 4.98. The van der Waals surface area contributed by atoms with Gasteiger partial charge in [0, 0.05) is 56.3 Å². The Hall–Kier alpha value is -1.60. The Kier molecular flexibility index (Phi) is 6.91. The average molecular weight is 377 g/mol. The van der Waals surface area contributed by atoms with E-state index in [9.17, 15) is 5.11 Å². The highest BCUT2D eigenvalue weighted by atomic mass is 32.1. The van der Waals surface area contributed by atoms with Gasteiger partial charge >= 0.3 is 0 Å². The van der Waals surface area contributed by atoms with Gasteiger partial charge in [-0.3, -0.25) is 9.80 Å². The lowest BCUT2D eigenvalue weighted by Gasteiger charge is -2.41. The normalized spacial score (nSPS) is 18.8. The van der Waals surface area contributed by atoms with Crippen molar-refractivity contribution in [2.24, 2.45) is 0 Å². The molecule has 0 radical (unpaired) electrons. The van der Waals surface area contributed by atoms with E-state index in [2.05, 4.69) is 39.4 Å². The third-order valence-corrected chi connectivity index (χ3v) is 5.77. The van der Waals surface area contributed by atoms with Crippen LogP contribution in [0.25, 0.3) is 0 Å². The highest BCUT2D eigenvalue weighted by Gasteiger charge is 2.27. The molecular weight excluding hydrogens is 348 g/mol. The van der Waals surface area contributed by atoms with Crippen molar-refractivity contribution in [1.82, 2.24) is 9.80 Å². The molecule has 142 valence electrons. The minimum Gasteiger partial charge on any atom is -0.497 e. The summed E-state index contributed by atoms with van der Waals surface area (Å²) in [5.74, 6) is 1.64. The quantitative estimate of drug-likeness (QED) is 0.768. The van der Waals surface area contributed by atoms with E-state index in [0.717, 1.165) is 50.6 Å². The van der Waals surface area contributed by atoms with E-state index in [1.807, 2.05) is 6.07 Å². The molecule has 0 amide bonds. The molecule has 5 nitrogen and oxygen atoms in total. The summed E-state index contributed by atoms with van der Waals surface area (Å²) in [6, 6.07) is 10.7. The molecule has 0 spiro atoms. The first kappa shape index (κ1) is 19.2. The summed E-state index contributed by atoms with van der Waals surface area (Å²) in [7, 11) is 3.36. The van der Waals surface area contributed by atoms with Gasteiger partial charge in [-0.05, 0) is 35.6 Å². The zero-order chi connectivity index (χ0) is 18.4. The van der Waals surface area contributed by atoms with E-state index in [4.69, 9.17) is 9.47 Å². The number of nitrogens with zero attached hydrogens (tertiary/aromatic N) is 2. The van der Waals surface area contributed by atoms with Crippen molar-refractivity contribution in [3.63, 3.8) is 0 Å². The summed E-state index contributed by atoms with van der Waals surface area (Å²) in [6.45, 7) is 5.07. The van der Waals surface area contributed by atoms with E-state index >= 15 is 0 Å². The molecule has 2 aromatic rings. The maximum Gasteiger partial charge on any atom is 0.122 e. The van der Waals surface area contributed by atoms with Crippen LogP contribution in [0.5, 0.6) is 11.5 Å². The lowest BCUT2D eigenvalue weighted by Crippen LogP contribution is -2.52. The molecule has 0 aliphatic carbocycles. The van der Waals surface area contributed by atoms with Crippen LogP contribution in [0.4, 0.5) is 0 Å². The fourth-order valence-electron chi connectivity index (χ4n) is 3.55. The molecular formula is C20H28N2O3S. The van der Waals surface area contributed by atoms with Crippen molar-refractivity contribution in [2.75, 3.05) is 40.5 Å². The summed E-state index contributed by atoms with van der Waals surface area (Å²) in [6.07, 6.45) is 0.809. The largest absolute Gasteiger partial charge is 0.497 e. The lowest BCUT2D eigenvalue weighted by atomic mass is 10.1. The number of aliphatic hydroxyl groups excluding tert-OH is 1. The van der Waals surface area contributed by atoms with Crippen LogP contribution in [0.15, 0.2) is 35.7 Å². The molecule has 1 aromatic heterocycles. The average Bonchev–Trinajstić information content (AvgIpc) is 3.17. The van der Waals surface area contributed by atoms with Gasteiger partial charge in [0.05, 0.1) is 14.2 Å². The van der Waals surface area contributed by atoms with Crippen molar-refractivity contribution in [3.8, 4) is 11.5 Å². The number of hydrogen-bond acceptors (Lipinski definition) is 6. The molecule has 6 heteroatoms. The number of methoxy groups -OCH3 is 2. The van der Waals surface area contributed by atoms with Gasteiger partial charge in [-0.15, -0.1) is 11.3 Å². The first-order valence-electron chi connectivity index (χ1n) is 9.03. The SMILES string of the molecule is COc1cc(CN2CCN(Cc3cccs3)C(CCO)C2)cc(OC)c1. The molecule has 1 aliphatic heterocycles. The Balaban J connectivity index is 1.65. The van der Waals surface area contributed by atoms with Crippen molar-refractivity contribution in [3.05, 3.63) is 46.2 Å². The van der Waals surface area contributed by atoms with Crippen LogP contribution in [-0.4, -0.2) is 61.4 Å². The highest BCUT2D eigenvalue weighted by molar-refractivity contribution is 7.09.